The number of hydrogen-bond acceptors (Lipinski definition) is 3. The number of β-amino-alcohol motifs (C(OH)–C–C–N with tert-alkyl or cyclic N) is 1. The summed E-state index contributed by atoms with van der Waals surface area (Å²) in [4.78, 5) is 0. The molecule has 2 rings (SSSR count). The Balaban J connectivity index is 2.04. The Bertz CT molecular complexity index is 284. The molecular weight excluding hydrogens is 178 g/mol. The predicted molar refractivity (Wildman–Crippen MR) is 44.1 cm³/mol. The molecule has 2 aliphatic rings. The molecule has 2 fully saturated rings. The Kier molecular flexibility index (Phi) is 1.56. The first-order chi connectivity index (χ1) is 5.42. The fourth-order valence-electron chi connectivity index (χ4n) is 1.47. The summed E-state index contributed by atoms with van der Waals surface area (Å²) in [6, 6.07) is 0. The van der Waals surface area contributed by atoms with E-state index in [1.54, 1.807) is 6.92 Å². The van der Waals surface area contributed by atoms with E-state index in [1.807, 2.05) is 0 Å². The topological polar surface area (TPSA) is 57.6 Å². The van der Waals surface area contributed by atoms with E-state index in [-0.39, 0.29) is 18.3 Å². The summed E-state index contributed by atoms with van der Waals surface area (Å²) in [5.41, 5.74) is -0.790. The number of nitrogens with zero attached hydrogens (tertiary/aromatic N) is 1. The molecule has 70 valence electrons. The highest BCUT2D eigenvalue weighted by atomic mass is 32.2. The van der Waals surface area contributed by atoms with Crippen LogP contribution in [0.15, 0.2) is 0 Å². The summed E-state index contributed by atoms with van der Waals surface area (Å²) in [7, 11) is -3.03. The van der Waals surface area contributed by atoms with Crippen molar-refractivity contribution in [3.8, 4) is 0 Å². The first-order valence-electron chi connectivity index (χ1n) is 4.13. The van der Waals surface area contributed by atoms with Crippen molar-refractivity contribution >= 4 is 10.0 Å². The van der Waals surface area contributed by atoms with Crippen molar-refractivity contribution in [1.82, 2.24) is 4.31 Å². The average Bonchev–Trinajstić information content (AvgIpc) is 2.62. The lowest BCUT2D eigenvalue weighted by Crippen LogP contribution is -2.62. The second-order valence-corrected chi connectivity index (χ2v) is 6.22. The first kappa shape index (κ1) is 8.47. The van der Waals surface area contributed by atoms with E-state index in [9.17, 15) is 13.5 Å². The second kappa shape index (κ2) is 2.21. The molecule has 1 aliphatic heterocycles. The number of hydrogen-bond donors (Lipinski definition) is 1. The molecule has 12 heavy (non-hydrogen) atoms. The van der Waals surface area contributed by atoms with Crippen LogP contribution in [0.1, 0.15) is 19.8 Å². The maximum Gasteiger partial charge on any atom is 0.217 e. The quantitative estimate of drug-likeness (QED) is 0.643. The third kappa shape index (κ3) is 1.26. The van der Waals surface area contributed by atoms with Crippen molar-refractivity contribution in [2.45, 2.75) is 30.6 Å². The van der Waals surface area contributed by atoms with E-state index in [1.165, 1.54) is 4.31 Å². The van der Waals surface area contributed by atoms with Crippen molar-refractivity contribution < 1.29 is 13.5 Å². The Morgan fingerprint density at radius 1 is 1.42 bits per heavy atom. The number of rotatable bonds is 2. The molecule has 0 radical (unpaired) electrons. The number of sulfonamides is 1. The van der Waals surface area contributed by atoms with E-state index in [2.05, 4.69) is 0 Å². The molecule has 0 aromatic carbocycles. The summed E-state index contributed by atoms with van der Waals surface area (Å²) in [5, 5.41) is 9.20. The Morgan fingerprint density at radius 3 is 2.25 bits per heavy atom. The highest BCUT2D eigenvalue weighted by Crippen LogP contribution is 2.35. The van der Waals surface area contributed by atoms with Crippen molar-refractivity contribution in [3.63, 3.8) is 0 Å². The molecule has 0 atom stereocenters. The van der Waals surface area contributed by atoms with E-state index in [0.717, 1.165) is 12.8 Å². The van der Waals surface area contributed by atoms with Crippen LogP contribution in [-0.2, 0) is 10.0 Å². The predicted octanol–water partition coefficient (Wildman–Crippen LogP) is -0.455. The van der Waals surface area contributed by atoms with Gasteiger partial charge in [-0.1, -0.05) is 0 Å². The van der Waals surface area contributed by atoms with Crippen LogP contribution < -0.4 is 0 Å². The van der Waals surface area contributed by atoms with Crippen LogP contribution in [0.4, 0.5) is 0 Å². The zero-order chi connectivity index (χ0) is 8.98. The molecule has 0 aromatic heterocycles. The highest BCUT2D eigenvalue weighted by Gasteiger charge is 2.49. The van der Waals surface area contributed by atoms with Crippen molar-refractivity contribution in [3.05, 3.63) is 0 Å². The van der Waals surface area contributed by atoms with Gasteiger partial charge in [0.1, 0.15) is 0 Å². The Labute approximate surface area is 72.2 Å². The molecule has 0 aromatic rings. The van der Waals surface area contributed by atoms with Gasteiger partial charge in [-0.05, 0) is 19.8 Å². The standard InChI is InChI=1S/C7H13NO3S/c1-7(9)4-8(5-7)12(10,11)6-2-3-6/h6,9H,2-5H2,1H3. The minimum absolute atomic E-state index is 0.145. The lowest BCUT2D eigenvalue weighted by Gasteiger charge is -2.42. The minimum Gasteiger partial charge on any atom is -0.387 e. The third-order valence-electron chi connectivity index (χ3n) is 2.34. The van der Waals surface area contributed by atoms with Crippen molar-refractivity contribution in [1.29, 1.82) is 0 Å². The van der Waals surface area contributed by atoms with Gasteiger partial charge in [-0.2, -0.15) is 4.31 Å². The van der Waals surface area contributed by atoms with E-state index < -0.39 is 15.6 Å². The van der Waals surface area contributed by atoms with Gasteiger partial charge in [0.2, 0.25) is 10.0 Å². The molecule has 0 bridgehead atoms. The molecule has 0 unspecified atom stereocenters. The van der Waals surface area contributed by atoms with Gasteiger partial charge in [-0.25, -0.2) is 8.42 Å². The van der Waals surface area contributed by atoms with Gasteiger partial charge in [0.15, 0.2) is 0 Å². The van der Waals surface area contributed by atoms with Crippen LogP contribution in [0.2, 0.25) is 0 Å². The summed E-state index contributed by atoms with van der Waals surface area (Å²) in [6.45, 7) is 2.20. The zero-order valence-corrected chi connectivity index (χ0v) is 7.84. The van der Waals surface area contributed by atoms with Crippen molar-refractivity contribution in [2.24, 2.45) is 0 Å². The smallest absolute Gasteiger partial charge is 0.217 e. The SMILES string of the molecule is CC1(O)CN(S(=O)(=O)C2CC2)C1. The second-order valence-electron chi connectivity index (χ2n) is 4.01. The lowest BCUT2D eigenvalue weighted by atomic mass is 10.0. The molecule has 1 aliphatic carbocycles. The normalized spacial score (nSPS) is 29.8. The van der Waals surface area contributed by atoms with Gasteiger partial charge in [0, 0.05) is 13.1 Å². The molecule has 0 amide bonds. The van der Waals surface area contributed by atoms with Gasteiger partial charge in [-0.3, -0.25) is 0 Å². The number of aliphatic hydroxyl groups is 1. The van der Waals surface area contributed by atoms with Gasteiger partial charge in [-0.15, -0.1) is 0 Å². The van der Waals surface area contributed by atoms with Crippen LogP contribution in [0.3, 0.4) is 0 Å². The summed E-state index contributed by atoms with van der Waals surface area (Å²) in [5.74, 6) is 0. The Hall–Kier alpha value is -0.130. The Morgan fingerprint density at radius 2 is 1.92 bits per heavy atom. The average molecular weight is 191 g/mol. The molecule has 1 N–H and O–H groups in total. The van der Waals surface area contributed by atoms with Crippen LogP contribution >= 0.6 is 0 Å². The molecule has 4 nitrogen and oxygen atoms in total. The van der Waals surface area contributed by atoms with Crippen LogP contribution in [0.25, 0.3) is 0 Å². The molecule has 1 saturated carbocycles. The van der Waals surface area contributed by atoms with Crippen molar-refractivity contribution in [2.75, 3.05) is 13.1 Å². The molecule has 1 heterocycles. The third-order valence-corrected chi connectivity index (χ3v) is 4.63. The molecule has 5 heteroatoms. The fraction of sp³-hybridized carbons (Fsp3) is 1.00. The maximum atomic E-state index is 11.5. The van der Waals surface area contributed by atoms with E-state index in [4.69, 9.17) is 0 Å². The van der Waals surface area contributed by atoms with E-state index in [0.29, 0.717) is 0 Å². The lowest BCUT2D eigenvalue weighted by molar-refractivity contribution is -0.0427. The summed E-state index contributed by atoms with van der Waals surface area (Å²) >= 11 is 0. The fourth-order valence-corrected chi connectivity index (χ4v) is 3.54. The van der Waals surface area contributed by atoms with Gasteiger partial charge in [0.25, 0.3) is 0 Å². The largest absolute Gasteiger partial charge is 0.387 e. The van der Waals surface area contributed by atoms with Gasteiger partial charge in [0.05, 0.1) is 10.9 Å². The first-order valence-corrected chi connectivity index (χ1v) is 5.63. The molecule has 1 saturated heterocycles. The molecular formula is C7H13NO3S. The highest BCUT2D eigenvalue weighted by molar-refractivity contribution is 7.90. The van der Waals surface area contributed by atoms with Gasteiger partial charge < -0.3 is 5.11 Å². The monoisotopic (exact) mass is 191 g/mol. The van der Waals surface area contributed by atoms with Gasteiger partial charge >= 0.3 is 0 Å². The summed E-state index contributed by atoms with van der Waals surface area (Å²) < 4.78 is 24.3. The molecule has 0 spiro atoms. The maximum absolute atomic E-state index is 11.5. The van der Waals surface area contributed by atoms with Crippen LogP contribution in [0, 0.1) is 0 Å². The minimum atomic E-state index is -3.03. The van der Waals surface area contributed by atoms with Crippen LogP contribution in [0.5, 0.6) is 0 Å². The van der Waals surface area contributed by atoms with Crippen LogP contribution in [-0.4, -0.2) is 41.8 Å². The zero-order valence-electron chi connectivity index (χ0n) is 7.02. The summed E-state index contributed by atoms with van der Waals surface area (Å²) in [6.07, 6.45) is 1.59. The van der Waals surface area contributed by atoms with E-state index >= 15 is 0 Å².